The van der Waals surface area contributed by atoms with Crippen molar-refractivity contribution in [1.29, 1.82) is 0 Å². The summed E-state index contributed by atoms with van der Waals surface area (Å²) >= 11 is 0. The van der Waals surface area contributed by atoms with Crippen LogP contribution in [-0.4, -0.2) is 47.8 Å². The van der Waals surface area contributed by atoms with Crippen molar-refractivity contribution in [1.82, 2.24) is 4.90 Å². The number of aliphatic hydroxyl groups is 1. The van der Waals surface area contributed by atoms with Gasteiger partial charge in [0.2, 0.25) is 5.91 Å². The van der Waals surface area contributed by atoms with Crippen LogP contribution >= 0.6 is 0 Å². The lowest BCUT2D eigenvalue weighted by molar-refractivity contribution is -0.137. The quantitative estimate of drug-likeness (QED) is 0.807. The minimum atomic E-state index is -0.643. The van der Waals surface area contributed by atoms with Crippen molar-refractivity contribution in [2.45, 2.75) is 50.7 Å². The fourth-order valence-corrected chi connectivity index (χ4v) is 3.01. The molecule has 2 rings (SSSR count). The maximum absolute atomic E-state index is 12.2. The van der Waals surface area contributed by atoms with Gasteiger partial charge in [0.15, 0.2) is 0 Å². The molecule has 1 saturated carbocycles. The molecule has 2 unspecified atom stereocenters. The average molecular weight is 241 g/mol. The van der Waals surface area contributed by atoms with Crippen LogP contribution in [0.3, 0.4) is 0 Å². The molecule has 2 fully saturated rings. The van der Waals surface area contributed by atoms with Gasteiger partial charge in [0, 0.05) is 13.6 Å². The highest BCUT2D eigenvalue weighted by atomic mass is 16.5. The summed E-state index contributed by atoms with van der Waals surface area (Å²) in [7, 11) is 1.79. The topological polar surface area (TPSA) is 49.8 Å². The molecule has 1 heterocycles. The Labute approximate surface area is 103 Å². The summed E-state index contributed by atoms with van der Waals surface area (Å²) in [4.78, 5) is 13.8. The molecule has 0 aromatic heterocycles. The minimum Gasteiger partial charge on any atom is -0.388 e. The van der Waals surface area contributed by atoms with Crippen LogP contribution in [-0.2, 0) is 9.53 Å². The van der Waals surface area contributed by atoms with Crippen LogP contribution < -0.4 is 0 Å². The molecule has 1 aliphatic heterocycles. The third kappa shape index (κ3) is 2.99. The summed E-state index contributed by atoms with van der Waals surface area (Å²) in [5.41, 5.74) is -0.643. The SMILES string of the molecule is CC1CC(C(=O)N(C)CC2(O)CCCC2)CO1. The van der Waals surface area contributed by atoms with Crippen LogP contribution in [0.4, 0.5) is 0 Å². The largest absolute Gasteiger partial charge is 0.388 e. The highest BCUT2D eigenvalue weighted by Crippen LogP contribution is 2.30. The number of hydrogen-bond donors (Lipinski definition) is 1. The molecular formula is C13H23NO3. The van der Waals surface area contributed by atoms with Crippen LogP contribution in [0, 0.1) is 5.92 Å². The molecule has 98 valence electrons. The fourth-order valence-electron chi connectivity index (χ4n) is 3.01. The maximum Gasteiger partial charge on any atom is 0.227 e. The van der Waals surface area contributed by atoms with Crippen molar-refractivity contribution < 1.29 is 14.6 Å². The Hall–Kier alpha value is -0.610. The van der Waals surface area contributed by atoms with E-state index in [1.54, 1.807) is 11.9 Å². The summed E-state index contributed by atoms with van der Waals surface area (Å²) < 4.78 is 5.42. The zero-order valence-corrected chi connectivity index (χ0v) is 10.8. The van der Waals surface area contributed by atoms with E-state index in [2.05, 4.69) is 0 Å². The van der Waals surface area contributed by atoms with E-state index in [1.807, 2.05) is 6.92 Å². The summed E-state index contributed by atoms with van der Waals surface area (Å²) in [6.45, 7) is 3.00. The first-order chi connectivity index (χ1) is 8.00. The first-order valence-corrected chi connectivity index (χ1v) is 6.59. The Balaban J connectivity index is 1.86. The molecule has 1 aliphatic carbocycles. The van der Waals surface area contributed by atoms with Crippen molar-refractivity contribution in [3.8, 4) is 0 Å². The van der Waals surface area contributed by atoms with Crippen LogP contribution in [0.5, 0.6) is 0 Å². The third-order valence-electron chi connectivity index (χ3n) is 3.99. The van der Waals surface area contributed by atoms with Gasteiger partial charge in [0.1, 0.15) is 0 Å². The molecule has 0 spiro atoms. The molecule has 0 aromatic carbocycles. The van der Waals surface area contributed by atoms with Crippen molar-refractivity contribution in [3.05, 3.63) is 0 Å². The van der Waals surface area contributed by atoms with Crippen molar-refractivity contribution in [2.24, 2.45) is 5.92 Å². The number of nitrogens with zero attached hydrogens (tertiary/aromatic N) is 1. The number of hydrogen-bond acceptors (Lipinski definition) is 3. The molecule has 2 atom stereocenters. The van der Waals surface area contributed by atoms with E-state index in [4.69, 9.17) is 4.74 Å². The number of carbonyl (C=O) groups is 1. The van der Waals surface area contributed by atoms with Crippen molar-refractivity contribution in [3.63, 3.8) is 0 Å². The monoisotopic (exact) mass is 241 g/mol. The standard InChI is InChI=1S/C13H23NO3/c1-10-7-11(8-17-10)12(15)14(2)9-13(16)5-3-4-6-13/h10-11,16H,3-9H2,1-2H3. The first kappa shape index (κ1) is 12.8. The third-order valence-corrected chi connectivity index (χ3v) is 3.99. The molecule has 0 radical (unpaired) electrons. The molecule has 1 saturated heterocycles. The van der Waals surface area contributed by atoms with E-state index in [9.17, 15) is 9.90 Å². The molecular weight excluding hydrogens is 218 g/mol. The van der Waals surface area contributed by atoms with E-state index in [-0.39, 0.29) is 17.9 Å². The zero-order valence-electron chi connectivity index (χ0n) is 10.8. The lowest BCUT2D eigenvalue weighted by atomic mass is 10.00. The normalized spacial score (nSPS) is 31.7. The number of likely N-dealkylation sites (N-methyl/N-ethyl adjacent to an activating group) is 1. The predicted octanol–water partition coefficient (Wildman–Crippen LogP) is 1.17. The Morgan fingerprint density at radius 3 is 2.65 bits per heavy atom. The summed E-state index contributed by atoms with van der Waals surface area (Å²) in [6.07, 6.45) is 4.78. The zero-order chi connectivity index (χ0) is 12.5. The van der Waals surface area contributed by atoms with Crippen LogP contribution in [0.1, 0.15) is 39.0 Å². The van der Waals surface area contributed by atoms with Gasteiger partial charge in [-0.3, -0.25) is 4.79 Å². The molecule has 0 bridgehead atoms. The Morgan fingerprint density at radius 1 is 1.47 bits per heavy atom. The molecule has 17 heavy (non-hydrogen) atoms. The van der Waals surface area contributed by atoms with E-state index < -0.39 is 5.60 Å². The van der Waals surface area contributed by atoms with Crippen LogP contribution in [0.25, 0.3) is 0 Å². The number of amides is 1. The van der Waals surface area contributed by atoms with Gasteiger partial charge in [-0.25, -0.2) is 0 Å². The maximum atomic E-state index is 12.2. The second kappa shape index (κ2) is 4.94. The number of carbonyl (C=O) groups excluding carboxylic acids is 1. The van der Waals surface area contributed by atoms with E-state index in [0.717, 1.165) is 32.1 Å². The van der Waals surface area contributed by atoms with Gasteiger partial charge in [-0.1, -0.05) is 12.8 Å². The predicted molar refractivity (Wildman–Crippen MR) is 64.6 cm³/mol. The molecule has 2 aliphatic rings. The minimum absolute atomic E-state index is 0.0139. The Bertz CT molecular complexity index is 286. The van der Waals surface area contributed by atoms with Gasteiger partial charge >= 0.3 is 0 Å². The van der Waals surface area contributed by atoms with Gasteiger partial charge < -0.3 is 14.7 Å². The van der Waals surface area contributed by atoms with Gasteiger partial charge in [0.05, 0.1) is 24.2 Å². The molecule has 4 heteroatoms. The van der Waals surface area contributed by atoms with E-state index in [0.29, 0.717) is 13.2 Å². The van der Waals surface area contributed by atoms with Gasteiger partial charge in [-0.15, -0.1) is 0 Å². The second-order valence-electron chi connectivity index (χ2n) is 5.70. The number of rotatable bonds is 3. The number of ether oxygens (including phenoxy) is 1. The summed E-state index contributed by atoms with van der Waals surface area (Å²) in [6, 6.07) is 0. The van der Waals surface area contributed by atoms with Crippen molar-refractivity contribution in [2.75, 3.05) is 20.2 Å². The molecule has 4 nitrogen and oxygen atoms in total. The Morgan fingerprint density at radius 2 is 2.12 bits per heavy atom. The summed E-state index contributed by atoms with van der Waals surface area (Å²) in [5.74, 6) is 0.106. The lowest BCUT2D eigenvalue weighted by Crippen LogP contribution is -2.44. The van der Waals surface area contributed by atoms with Gasteiger partial charge in [-0.05, 0) is 26.2 Å². The lowest BCUT2D eigenvalue weighted by Gasteiger charge is -2.30. The second-order valence-corrected chi connectivity index (χ2v) is 5.70. The molecule has 1 amide bonds. The molecule has 1 N–H and O–H groups in total. The Kier molecular flexibility index (Phi) is 3.73. The van der Waals surface area contributed by atoms with Gasteiger partial charge in [-0.2, -0.15) is 0 Å². The van der Waals surface area contributed by atoms with E-state index in [1.165, 1.54) is 0 Å². The fraction of sp³-hybridized carbons (Fsp3) is 0.923. The molecule has 0 aromatic rings. The van der Waals surface area contributed by atoms with Crippen LogP contribution in [0.2, 0.25) is 0 Å². The van der Waals surface area contributed by atoms with Gasteiger partial charge in [0.25, 0.3) is 0 Å². The average Bonchev–Trinajstić information content (AvgIpc) is 2.86. The summed E-state index contributed by atoms with van der Waals surface area (Å²) in [5, 5.41) is 10.3. The van der Waals surface area contributed by atoms with E-state index >= 15 is 0 Å². The smallest absolute Gasteiger partial charge is 0.227 e. The van der Waals surface area contributed by atoms with Crippen molar-refractivity contribution >= 4 is 5.91 Å². The highest BCUT2D eigenvalue weighted by molar-refractivity contribution is 5.79. The van der Waals surface area contributed by atoms with Crippen LogP contribution in [0.15, 0.2) is 0 Å². The highest BCUT2D eigenvalue weighted by Gasteiger charge is 2.36. The first-order valence-electron chi connectivity index (χ1n) is 6.59.